The standard InChI is InChI=1S/C25H36NO2P/c1-4-15-25(5-2,22-18-21(28-3)13-14-23(22)27)29-24-12-8-7-11-20(24)19-26-16-9-6-10-17-26/h7-8,11-14,18,27,29H,4-6,9-10,15-17,19H2,1-3H3. The van der Waals surface area contributed by atoms with Crippen LogP contribution in [0.1, 0.15) is 63.5 Å². The molecule has 1 heterocycles. The Morgan fingerprint density at radius 2 is 1.83 bits per heavy atom. The van der Waals surface area contributed by atoms with Crippen LogP contribution in [-0.4, -0.2) is 30.2 Å². The summed E-state index contributed by atoms with van der Waals surface area (Å²) in [5.41, 5.74) is 2.48. The largest absolute Gasteiger partial charge is 0.508 e. The van der Waals surface area contributed by atoms with E-state index in [1.165, 1.54) is 43.2 Å². The van der Waals surface area contributed by atoms with Gasteiger partial charge in [0.05, 0.1) is 7.11 Å². The van der Waals surface area contributed by atoms with Gasteiger partial charge in [0.25, 0.3) is 0 Å². The molecule has 2 aromatic rings. The van der Waals surface area contributed by atoms with Crippen LogP contribution in [0.4, 0.5) is 0 Å². The van der Waals surface area contributed by atoms with E-state index in [2.05, 4.69) is 49.1 Å². The number of rotatable bonds is 9. The van der Waals surface area contributed by atoms with E-state index >= 15 is 0 Å². The van der Waals surface area contributed by atoms with E-state index in [9.17, 15) is 5.11 Å². The fraction of sp³-hybridized carbons (Fsp3) is 0.520. The molecule has 0 amide bonds. The molecule has 2 unspecified atom stereocenters. The Bertz CT molecular complexity index is 788. The van der Waals surface area contributed by atoms with Crippen molar-refractivity contribution in [2.24, 2.45) is 0 Å². The number of hydrogen-bond acceptors (Lipinski definition) is 3. The highest BCUT2D eigenvalue weighted by Gasteiger charge is 2.33. The van der Waals surface area contributed by atoms with Crippen LogP contribution in [0.15, 0.2) is 42.5 Å². The first-order valence-electron chi connectivity index (χ1n) is 11.1. The highest BCUT2D eigenvalue weighted by Crippen LogP contribution is 2.51. The molecule has 2 atom stereocenters. The van der Waals surface area contributed by atoms with Crippen LogP contribution in [0.25, 0.3) is 0 Å². The number of benzene rings is 2. The molecule has 1 saturated heterocycles. The zero-order valence-electron chi connectivity index (χ0n) is 18.2. The highest BCUT2D eigenvalue weighted by atomic mass is 31.1. The molecular weight excluding hydrogens is 377 g/mol. The van der Waals surface area contributed by atoms with E-state index in [1.54, 1.807) is 13.2 Å². The van der Waals surface area contributed by atoms with Crippen molar-refractivity contribution in [1.82, 2.24) is 4.90 Å². The fourth-order valence-corrected chi connectivity index (χ4v) is 6.47. The van der Waals surface area contributed by atoms with Crippen molar-refractivity contribution in [2.45, 2.75) is 64.1 Å². The second kappa shape index (κ2) is 10.5. The first-order chi connectivity index (χ1) is 14.1. The predicted octanol–water partition coefficient (Wildman–Crippen LogP) is 5.80. The first-order valence-corrected chi connectivity index (χ1v) is 12.1. The number of nitrogens with zero attached hydrogens (tertiary/aromatic N) is 1. The number of likely N-dealkylation sites (tertiary alicyclic amines) is 1. The molecule has 0 aromatic heterocycles. The van der Waals surface area contributed by atoms with E-state index in [1.807, 2.05) is 6.07 Å². The molecule has 0 aliphatic carbocycles. The first kappa shape index (κ1) is 22.1. The van der Waals surface area contributed by atoms with Crippen LogP contribution in [0, 0.1) is 0 Å². The predicted molar refractivity (Wildman–Crippen MR) is 125 cm³/mol. The average Bonchev–Trinajstić information content (AvgIpc) is 2.76. The Morgan fingerprint density at radius 1 is 1.07 bits per heavy atom. The van der Waals surface area contributed by atoms with Crippen molar-refractivity contribution >= 4 is 13.9 Å². The number of methoxy groups -OCH3 is 1. The maximum atomic E-state index is 10.8. The zero-order chi connectivity index (χ0) is 20.7. The molecule has 1 fully saturated rings. The summed E-state index contributed by atoms with van der Waals surface area (Å²) < 4.78 is 5.49. The molecule has 3 rings (SSSR count). The van der Waals surface area contributed by atoms with E-state index in [-0.39, 0.29) is 5.16 Å². The van der Waals surface area contributed by atoms with Crippen LogP contribution in [-0.2, 0) is 11.7 Å². The van der Waals surface area contributed by atoms with Gasteiger partial charge in [-0.15, -0.1) is 0 Å². The van der Waals surface area contributed by atoms with Gasteiger partial charge >= 0.3 is 0 Å². The average molecular weight is 414 g/mol. The molecular formula is C25H36NO2P. The molecule has 1 aliphatic rings. The van der Waals surface area contributed by atoms with Gasteiger partial charge in [0, 0.05) is 17.3 Å². The Balaban J connectivity index is 1.95. The minimum Gasteiger partial charge on any atom is -0.508 e. The Labute approximate surface area is 178 Å². The molecule has 1 N–H and O–H groups in total. The number of phenols is 1. The molecule has 0 saturated carbocycles. The number of phenolic OH excluding ortho intramolecular Hbond substituents is 1. The summed E-state index contributed by atoms with van der Waals surface area (Å²) in [6, 6.07) is 14.6. The van der Waals surface area contributed by atoms with Crippen molar-refractivity contribution in [3.05, 3.63) is 53.6 Å². The fourth-order valence-electron chi connectivity index (χ4n) is 4.57. The summed E-state index contributed by atoms with van der Waals surface area (Å²) in [6.45, 7) is 7.96. The Morgan fingerprint density at radius 3 is 2.52 bits per heavy atom. The van der Waals surface area contributed by atoms with Crippen LogP contribution in [0.5, 0.6) is 11.5 Å². The molecule has 29 heavy (non-hydrogen) atoms. The monoisotopic (exact) mass is 413 g/mol. The van der Waals surface area contributed by atoms with Crippen molar-refractivity contribution in [3.8, 4) is 11.5 Å². The van der Waals surface area contributed by atoms with Crippen molar-refractivity contribution in [1.29, 1.82) is 0 Å². The minimum absolute atomic E-state index is 0.0641. The quantitative estimate of drug-likeness (QED) is 0.528. The second-order valence-electron chi connectivity index (χ2n) is 8.19. The second-order valence-corrected chi connectivity index (χ2v) is 9.93. The van der Waals surface area contributed by atoms with Gasteiger partial charge in [0.1, 0.15) is 11.5 Å². The summed E-state index contributed by atoms with van der Waals surface area (Å²) in [5, 5.41) is 12.1. The van der Waals surface area contributed by atoms with Gasteiger partial charge in [-0.1, -0.05) is 59.5 Å². The normalized spacial score (nSPS) is 17.5. The van der Waals surface area contributed by atoms with Gasteiger partial charge in [-0.3, -0.25) is 4.90 Å². The molecule has 0 bridgehead atoms. The third kappa shape index (κ3) is 5.32. The lowest BCUT2D eigenvalue weighted by molar-refractivity contribution is 0.221. The van der Waals surface area contributed by atoms with Gasteiger partial charge in [-0.25, -0.2) is 0 Å². The molecule has 4 heteroatoms. The summed E-state index contributed by atoms with van der Waals surface area (Å²) in [7, 11) is 2.32. The third-order valence-corrected chi connectivity index (χ3v) is 8.34. The lowest BCUT2D eigenvalue weighted by atomic mass is 9.90. The van der Waals surface area contributed by atoms with Gasteiger partial charge in [0.2, 0.25) is 0 Å². The molecule has 2 aromatic carbocycles. The number of hydrogen-bond donors (Lipinski definition) is 1. The summed E-state index contributed by atoms with van der Waals surface area (Å²) in [6.07, 6.45) is 7.14. The van der Waals surface area contributed by atoms with Crippen molar-refractivity contribution < 1.29 is 9.84 Å². The topological polar surface area (TPSA) is 32.7 Å². The van der Waals surface area contributed by atoms with Crippen LogP contribution >= 0.6 is 8.58 Å². The Kier molecular flexibility index (Phi) is 7.98. The number of ether oxygens (including phenoxy) is 1. The smallest absolute Gasteiger partial charge is 0.119 e. The Hall–Kier alpha value is -1.57. The molecule has 3 nitrogen and oxygen atoms in total. The summed E-state index contributed by atoms with van der Waals surface area (Å²) >= 11 is 0. The van der Waals surface area contributed by atoms with Crippen molar-refractivity contribution in [2.75, 3.05) is 20.2 Å². The maximum Gasteiger partial charge on any atom is 0.119 e. The third-order valence-electron chi connectivity index (χ3n) is 6.23. The van der Waals surface area contributed by atoms with Crippen LogP contribution in [0.3, 0.4) is 0 Å². The van der Waals surface area contributed by atoms with E-state index < -0.39 is 0 Å². The van der Waals surface area contributed by atoms with Gasteiger partial charge < -0.3 is 9.84 Å². The highest BCUT2D eigenvalue weighted by molar-refractivity contribution is 7.48. The van der Waals surface area contributed by atoms with Crippen LogP contribution in [0.2, 0.25) is 0 Å². The SMILES string of the molecule is CCCC(CC)(Pc1ccccc1CN1CCCCC1)c1cc(OC)ccc1O. The minimum atomic E-state index is -0.0641. The number of piperidine rings is 1. The molecule has 0 spiro atoms. The van der Waals surface area contributed by atoms with E-state index in [0.717, 1.165) is 37.1 Å². The number of aromatic hydroxyl groups is 1. The lowest BCUT2D eigenvalue weighted by Gasteiger charge is -2.35. The summed E-state index contributed by atoms with van der Waals surface area (Å²) in [5.74, 6) is 1.21. The van der Waals surface area contributed by atoms with E-state index in [0.29, 0.717) is 14.3 Å². The van der Waals surface area contributed by atoms with Crippen molar-refractivity contribution in [3.63, 3.8) is 0 Å². The zero-order valence-corrected chi connectivity index (χ0v) is 19.2. The van der Waals surface area contributed by atoms with Gasteiger partial charge in [0.15, 0.2) is 0 Å². The van der Waals surface area contributed by atoms with Crippen LogP contribution < -0.4 is 10.0 Å². The maximum absolute atomic E-state index is 10.8. The molecule has 158 valence electrons. The summed E-state index contributed by atoms with van der Waals surface area (Å²) in [4.78, 5) is 2.60. The molecule has 0 radical (unpaired) electrons. The molecule has 1 aliphatic heterocycles. The lowest BCUT2D eigenvalue weighted by Crippen LogP contribution is -2.31. The van der Waals surface area contributed by atoms with E-state index in [4.69, 9.17) is 4.74 Å². The van der Waals surface area contributed by atoms with Gasteiger partial charge in [-0.2, -0.15) is 0 Å². The van der Waals surface area contributed by atoms with Gasteiger partial charge in [-0.05, 0) is 67.8 Å².